The summed E-state index contributed by atoms with van der Waals surface area (Å²) in [4.78, 5) is 8.41. The van der Waals surface area contributed by atoms with E-state index in [1.165, 1.54) is 0 Å². The monoisotopic (exact) mass is 230 g/mol. The maximum Gasteiger partial charge on any atom is 0.241 e. The topological polar surface area (TPSA) is 110 Å². The van der Waals surface area contributed by atoms with Crippen LogP contribution in [-0.2, 0) is 0 Å². The van der Waals surface area contributed by atoms with Gasteiger partial charge in [-0.15, -0.1) is 0 Å². The molecule has 3 rings (SSSR count). The van der Waals surface area contributed by atoms with Gasteiger partial charge in [-0.2, -0.15) is 20.2 Å². The van der Waals surface area contributed by atoms with E-state index < -0.39 is 0 Å². The lowest BCUT2D eigenvalue weighted by Gasteiger charge is -2.04. The summed E-state index contributed by atoms with van der Waals surface area (Å²) >= 11 is 0. The van der Waals surface area contributed by atoms with Crippen molar-refractivity contribution in [1.29, 1.82) is 0 Å². The molecule has 0 spiro atoms. The lowest BCUT2D eigenvalue weighted by molar-refractivity contribution is 0.837. The van der Waals surface area contributed by atoms with Crippen molar-refractivity contribution in [2.45, 2.75) is 6.92 Å². The highest BCUT2D eigenvalue weighted by atomic mass is 15.4. The smallest absolute Gasteiger partial charge is 0.241 e. The van der Waals surface area contributed by atoms with Crippen molar-refractivity contribution < 1.29 is 0 Å². The molecule has 86 valence electrons. The van der Waals surface area contributed by atoms with Gasteiger partial charge in [-0.3, -0.25) is 10.5 Å². The zero-order valence-corrected chi connectivity index (χ0v) is 9.05. The van der Waals surface area contributed by atoms with Crippen molar-refractivity contribution in [3.63, 3.8) is 0 Å². The van der Waals surface area contributed by atoms with E-state index in [1.807, 2.05) is 19.2 Å². The molecule has 8 nitrogen and oxygen atoms in total. The van der Waals surface area contributed by atoms with Crippen molar-refractivity contribution in [3.05, 3.63) is 24.2 Å². The molecule has 0 aliphatic rings. The summed E-state index contributed by atoms with van der Waals surface area (Å²) in [6.45, 7) is 1.91. The van der Waals surface area contributed by atoms with Crippen molar-refractivity contribution in [2.75, 3.05) is 5.43 Å². The predicted molar refractivity (Wildman–Crippen MR) is 61.4 cm³/mol. The molecule has 0 aliphatic carbocycles. The molecule has 0 fully saturated rings. The Balaban J connectivity index is 2.29. The highest BCUT2D eigenvalue weighted by Gasteiger charge is 2.11. The van der Waals surface area contributed by atoms with Crippen LogP contribution in [-0.4, -0.2) is 29.9 Å². The van der Waals surface area contributed by atoms with Crippen molar-refractivity contribution in [3.8, 4) is 5.82 Å². The van der Waals surface area contributed by atoms with Crippen LogP contribution in [0.3, 0.4) is 0 Å². The molecule has 3 aromatic rings. The van der Waals surface area contributed by atoms with Crippen LogP contribution in [0.25, 0.3) is 16.9 Å². The first-order valence-electron chi connectivity index (χ1n) is 4.98. The number of hydrogen-bond acceptors (Lipinski definition) is 6. The summed E-state index contributed by atoms with van der Waals surface area (Å²) in [7, 11) is 0. The maximum atomic E-state index is 5.32. The van der Waals surface area contributed by atoms with Crippen LogP contribution in [0.15, 0.2) is 18.5 Å². The van der Waals surface area contributed by atoms with Crippen molar-refractivity contribution >= 4 is 17.0 Å². The summed E-state index contributed by atoms with van der Waals surface area (Å²) in [5.74, 6) is 6.26. The fourth-order valence-corrected chi connectivity index (χ4v) is 1.59. The van der Waals surface area contributed by atoms with Crippen LogP contribution in [0.1, 0.15) is 5.69 Å². The number of rotatable bonds is 2. The van der Waals surface area contributed by atoms with Gasteiger partial charge in [0.05, 0.1) is 17.3 Å². The summed E-state index contributed by atoms with van der Waals surface area (Å²) in [5, 5.41) is 11.8. The molecule has 4 N–H and O–H groups in total. The number of nitrogens with zero attached hydrogens (tertiary/aromatic N) is 5. The molecular weight excluding hydrogens is 220 g/mol. The number of hydrogen-bond donors (Lipinski definition) is 3. The Hall–Kier alpha value is -2.48. The van der Waals surface area contributed by atoms with Gasteiger partial charge in [0, 0.05) is 6.20 Å². The molecule has 0 aliphatic heterocycles. The molecule has 0 amide bonds. The Kier molecular flexibility index (Phi) is 2.02. The SMILES string of the molecule is Cc1ccn(-c2nc(NN)nc3[nH]ncc23)n1. The van der Waals surface area contributed by atoms with E-state index >= 15 is 0 Å². The van der Waals surface area contributed by atoms with E-state index in [0.717, 1.165) is 11.1 Å². The number of aromatic amines is 1. The number of nitrogens with two attached hydrogens (primary N) is 1. The maximum absolute atomic E-state index is 5.32. The normalized spacial score (nSPS) is 10.9. The van der Waals surface area contributed by atoms with Crippen LogP contribution in [0.5, 0.6) is 0 Å². The molecule has 0 saturated heterocycles. The first-order chi connectivity index (χ1) is 8.28. The summed E-state index contributed by atoms with van der Waals surface area (Å²) in [5.41, 5.74) is 3.93. The van der Waals surface area contributed by atoms with E-state index in [9.17, 15) is 0 Å². The Morgan fingerprint density at radius 2 is 2.29 bits per heavy atom. The average molecular weight is 230 g/mol. The predicted octanol–water partition coefficient (Wildman–Crippen LogP) is 0.133. The number of nitrogens with one attached hydrogen (secondary N) is 2. The first-order valence-corrected chi connectivity index (χ1v) is 4.98. The number of nitrogen functional groups attached to an aromatic ring is 1. The van der Waals surface area contributed by atoms with Gasteiger partial charge in [-0.05, 0) is 13.0 Å². The number of H-pyrrole nitrogens is 1. The molecular formula is C9H10N8. The molecule has 3 heterocycles. The van der Waals surface area contributed by atoms with Gasteiger partial charge in [0.2, 0.25) is 5.95 Å². The van der Waals surface area contributed by atoms with Crippen LogP contribution in [0.2, 0.25) is 0 Å². The second-order valence-corrected chi connectivity index (χ2v) is 3.55. The van der Waals surface area contributed by atoms with E-state index in [4.69, 9.17) is 5.84 Å². The average Bonchev–Trinajstić information content (AvgIpc) is 2.95. The number of fused-ring (bicyclic) bond motifs is 1. The minimum absolute atomic E-state index is 0.310. The molecule has 0 saturated carbocycles. The highest BCUT2D eigenvalue weighted by molar-refractivity contribution is 5.82. The molecule has 0 aromatic carbocycles. The molecule has 3 aromatic heterocycles. The van der Waals surface area contributed by atoms with E-state index in [0.29, 0.717) is 17.4 Å². The van der Waals surface area contributed by atoms with Gasteiger partial charge in [0.1, 0.15) is 0 Å². The van der Waals surface area contributed by atoms with E-state index in [1.54, 1.807) is 10.9 Å². The third-order valence-electron chi connectivity index (χ3n) is 2.36. The lowest BCUT2D eigenvalue weighted by atomic mass is 10.4. The second-order valence-electron chi connectivity index (χ2n) is 3.55. The Morgan fingerprint density at radius 3 is 3.00 bits per heavy atom. The third-order valence-corrected chi connectivity index (χ3v) is 2.36. The van der Waals surface area contributed by atoms with Crippen LogP contribution in [0.4, 0.5) is 5.95 Å². The van der Waals surface area contributed by atoms with Gasteiger partial charge in [-0.25, -0.2) is 10.5 Å². The Morgan fingerprint density at radius 1 is 1.41 bits per heavy atom. The largest absolute Gasteiger partial charge is 0.292 e. The summed E-state index contributed by atoms with van der Waals surface area (Å²) < 4.78 is 1.66. The molecule has 0 radical (unpaired) electrons. The highest BCUT2D eigenvalue weighted by Crippen LogP contribution is 2.18. The van der Waals surface area contributed by atoms with Crippen LogP contribution < -0.4 is 11.3 Å². The molecule has 0 atom stereocenters. The van der Waals surface area contributed by atoms with Crippen molar-refractivity contribution in [1.82, 2.24) is 29.9 Å². The fourth-order valence-electron chi connectivity index (χ4n) is 1.59. The Bertz CT molecular complexity index is 666. The minimum atomic E-state index is 0.310. The van der Waals surface area contributed by atoms with E-state index in [-0.39, 0.29) is 0 Å². The van der Waals surface area contributed by atoms with Gasteiger partial charge in [-0.1, -0.05) is 0 Å². The van der Waals surface area contributed by atoms with Crippen molar-refractivity contribution in [2.24, 2.45) is 5.84 Å². The first kappa shape index (κ1) is 9.73. The second kappa shape index (κ2) is 3.52. The lowest BCUT2D eigenvalue weighted by Crippen LogP contribution is -2.12. The zero-order chi connectivity index (χ0) is 11.8. The van der Waals surface area contributed by atoms with Gasteiger partial charge in [0.25, 0.3) is 0 Å². The number of anilines is 1. The molecule has 8 heteroatoms. The molecule has 0 unspecified atom stereocenters. The van der Waals surface area contributed by atoms with Crippen LogP contribution in [0, 0.1) is 6.92 Å². The zero-order valence-electron chi connectivity index (χ0n) is 9.05. The molecule has 17 heavy (non-hydrogen) atoms. The van der Waals surface area contributed by atoms with Gasteiger partial charge in [0.15, 0.2) is 11.5 Å². The summed E-state index contributed by atoms with van der Waals surface area (Å²) in [6.07, 6.45) is 3.48. The quantitative estimate of drug-likeness (QED) is 0.426. The standard InChI is InChI=1S/C9H10N8/c1-5-2-3-17(16-5)8-6-4-11-15-7(6)12-9(13-8)14-10/h2-4H,10H2,1H3,(H2,11,12,13,14,15). The third kappa shape index (κ3) is 1.51. The Labute approximate surface area is 95.8 Å². The number of aromatic nitrogens is 6. The number of aryl methyl sites for hydroxylation is 1. The fraction of sp³-hybridized carbons (Fsp3) is 0.111. The summed E-state index contributed by atoms with van der Waals surface area (Å²) in [6, 6.07) is 1.89. The number of hydrazine groups is 1. The van der Waals surface area contributed by atoms with Gasteiger partial charge < -0.3 is 0 Å². The molecule has 0 bridgehead atoms. The van der Waals surface area contributed by atoms with Gasteiger partial charge >= 0.3 is 0 Å². The van der Waals surface area contributed by atoms with Crippen LogP contribution >= 0.6 is 0 Å². The minimum Gasteiger partial charge on any atom is -0.292 e. The van der Waals surface area contributed by atoms with E-state index in [2.05, 4.69) is 30.7 Å².